The summed E-state index contributed by atoms with van der Waals surface area (Å²) in [7, 11) is -2.59. The number of rotatable bonds is 5. The van der Waals surface area contributed by atoms with E-state index in [1.54, 1.807) is 0 Å². The first kappa shape index (κ1) is 19.0. The zero-order chi connectivity index (χ0) is 20.6. The molecule has 146 valence electrons. The van der Waals surface area contributed by atoms with Gasteiger partial charge in [-0.2, -0.15) is 4.72 Å². The van der Waals surface area contributed by atoms with E-state index in [4.69, 9.17) is 0 Å². The minimum Gasteiger partial charge on any atom is -0.277 e. The van der Waals surface area contributed by atoms with Crippen molar-refractivity contribution in [1.29, 1.82) is 0 Å². The Kier molecular flexibility index (Phi) is 4.77. The second kappa shape index (κ2) is 7.27. The molecule has 1 aliphatic rings. The maximum Gasteiger partial charge on any atom is 0.261 e. The first-order valence-corrected chi connectivity index (χ1v) is 10.5. The molecule has 6 nitrogen and oxygen atoms in total. The molecule has 0 bridgehead atoms. The number of carbonyl (C=O) groups is 2. The van der Waals surface area contributed by atoms with Gasteiger partial charge < -0.3 is 0 Å². The maximum absolute atomic E-state index is 13.1. The smallest absolute Gasteiger partial charge is 0.261 e. The lowest BCUT2D eigenvalue weighted by Crippen LogP contribution is -2.29. The molecule has 1 heterocycles. The van der Waals surface area contributed by atoms with Crippen LogP contribution in [0, 0.1) is 0 Å². The Morgan fingerprint density at radius 3 is 1.83 bits per heavy atom. The van der Waals surface area contributed by atoms with E-state index < -0.39 is 27.9 Å². The molecule has 0 fully saturated rings. The molecule has 0 radical (unpaired) electrons. The highest BCUT2D eigenvalue weighted by molar-refractivity contribution is 7.89. The van der Waals surface area contributed by atoms with Crippen LogP contribution in [0.1, 0.15) is 37.9 Å². The Hall–Kier alpha value is -3.29. The summed E-state index contributed by atoms with van der Waals surface area (Å²) in [6.07, 6.45) is 0. The highest BCUT2D eigenvalue weighted by Gasteiger charge is 2.34. The lowest BCUT2D eigenvalue weighted by Gasteiger charge is -2.20. The molecule has 2 amide bonds. The number of imide groups is 1. The summed E-state index contributed by atoms with van der Waals surface area (Å²) in [4.78, 5) is 25.2. The van der Waals surface area contributed by atoms with Gasteiger partial charge in [-0.15, -0.1) is 0 Å². The van der Waals surface area contributed by atoms with Crippen LogP contribution in [0.2, 0.25) is 0 Å². The number of fused-ring (bicyclic) bond motifs is 1. The van der Waals surface area contributed by atoms with Crippen molar-refractivity contribution in [2.45, 2.75) is 10.9 Å². The summed E-state index contributed by atoms with van der Waals surface area (Å²) in [5, 5.41) is 0. The summed E-state index contributed by atoms with van der Waals surface area (Å²) < 4.78 is 29.0. The first-order chi connectivity index (χ1) is 13.9. The molecule has 0 saturated heterocycles. The zero-order valence-corrected chi connectivity index (χ0v) is 16.4. The lowest BCUT2D eigenvalue weighted by atomic mass is 10.00. The number of sulfonamides is 1. The molecule has 0 atom stereocenters. The number of hydrogen-bond acceptors (Lipinski definition) is 4. The number of carbonyl (C=O) groups excluding carboxylic acids is 2. The van der Waals surface area contributed by atoms with Crippen LogP contribution in [0.25, 0.3) is 0 Å². The van der Waals surface area contributed by atoms with E-state index in [0.717, 1.165) is 16.0 Å². The fourth-order valence-electron chi connectivity index (χ4n) is 3.35. The minimum absolute atomic E-state index is 0.0652. The molecule has 1 N–H and O–H groups in total. The summed E-state index contributed by atoms with van der Waals surface area (Å²) in [6.45, 7) is 0. The molecule has 4 rings (SSSR count). The average molecular weight is 406 g/mol. The van der Waals surface area contributed by atoms with Crippen LogP contribution >= 0.6 is 0 Å². The molecule has 29 heavy (non-hydrogen) atoms. The van der Waals surface area contributed by atoms with Crippen LogP contribution in [0.3, 0.4) is 0 Å². The van der Waals surface area contributed by atoms with Crippen LogP contribution < -0.4 is 4.72 Å². The second-order valence-corrected chi connectivity index (χ2v) is 8.47. The van der Waals surface area contributed by atoms with Gasteiger partial charge in [0.15, 0.2) is 0 Å². The molecular weight excluding hydrogens is 388 g/mol. The van der Waals surface area contributed by atoms with E-state index in [1.807, 2.05) is 60.7 Å². The van der Waals surface area contributed by atoms with E-state index in [1.165, 1.54) is 25.2 Å². The number of nitrogens with one attached hydrogen (secondary N) is 1. The van der Waals surface area contributed by atoms with Gasteiger partial charge in [-0.05, 0) is 29.3 Å². The Labute approximate surface area is 168 Å². The van der Waals surface area contributed by atoms with Gasteiger partial charge in [0.2, 0.25) is 10.0 Å². The van der Waals surface area contributed by atoms with E-state index in [0.29, 0.717) is 0 Å². The number of benzene rings is 3. The van der Waals surface area contributed by atoms with Gasteiger partial charge in [-0.25, -0.2) is 8.42 Å². The molecule has 0 spiro atoms. The number of hydrogen-bond donors (Lipinski definition) is 1. The molecule has 3 aromatic carbocycles. The fraction of sp³-hybridized carbons (Fsp3) is 0.0909. The molecular formula is C22H18N2O4S. The van der Waals surface area contributed by atoms with Gasteiger partial charge >= 0.3 is 0 Å². The molecule has 3 aromatic rings. The van der Waals surface area contributed by atoms with Gasteiger partial charge in [-0.1, -0.05) is 60.7 Å². The quantitative estimate of drug-likeness (QED) is 0.661. The van der Waals surface area contributed by atoms with Crippen LogP contribution in [-0.2, 0) is 10.0 Å². The summed E-state index contributed by atoms with van der Waals surface area (Å²) >= 11 is 0. The van der Waals surface area contributed by atoms with Crippen molar-refractivity contribution in [1.82, 2.24) is 9.62 Å². The Balaban J connectivity index is 1.74. The molecule has 0 aromatic heterocycles. The normalized spacial score (nSPS) is 13.8. The predicted octanol–water partition coefficient (Wildman–Crippen LogP) is 2.98. The highest BCUT2D eigenvalue weighted by atomic mass is 32.2. The molecule has 0 unspecified atom stereocenters. The van der Waals surface area contributed by atoms with Crippen molar-refractivity contribution >= 4 is 21.8 Å². The Morgan fingerprint density at radius 1 is 0.759 bits per heavy atom. The van der Waals surface area contributed by atoms with Gasteiger partial charge in [0.25, 0.3) is 11.8 Å². The molecule has 7 heteroatoms. The minimum atomic E-state index is -3.97. The molecule has 1 aliphatic heterocycles. The van der Waals surface area contributed by atoms with Crippen LogP contribution in [0.15, 0.2) is 83.8 Å². The first-order valence-electron chi connectivity index (χ1n) is 8.97. The van der Waals surface area contributed by atoms with Gasteiger partial charge in [-0.3, -0.25) is 14.5 Å². The summed E-state index contributed by atoms with van der Waals surface area (Å²) in [5.41, 5.74) is 1.87. The number of nitrogens with zero attached hydrogens (tertiary/aromatic N) is 1. The summed E-state index contributed by atoms with van der Waals surface area (Å²) in [5.74, 6) is -0.946. The third-order valence-corrected chi connectivity index (χ3v) is 6.33. The van der Waals surface area contributed by atoms with E-state index >= 15 is 0 Å². The van der Waals surface area contributed by atoms with Gasteiger partial charge in [0.1, 0.15) is 0 Å². The largest absolute Gasteiger partial charge is 0.277 e. The van der Waals surface area contributed by atoms with Crippen molar-refractivity contribution < 1.29 is 18.0 Å². The van der Waals surface area contributed by atoms with Crippen molar-refractivity contribution in [3.05, 3.63) is 101 Å². The monoisotopic (exact) mass is 406 g/mol. The van der Waals surface area contributed by atoms with Crippen LogP contribution in [0.4, 0.5) is 0 Å². The van der Waals surface area contributed by atoms with Gasteiger partial charge in [0, 0.05) is 7.05 Å². The highest BCUT2D eigenvalue weighted by Crippen LogP contribution is 2.27. The topological polar surface area (TPSA) is 83.6 Å². The SMILES string of the molecule is CN1C(=O)c2ccc(S(=O)(=O)NC(c3ccccc3)c3ccccc3)cc2C1=O. The van der Waals surface area contributed by atoms with E-state index in [9.17, 15) is 18.0 Å². The summed E-state index contributed by atoms with van der Waals surface area (Å²) in [6, 6.07) is 21.9. The zero-order valence-electron chi connectivity index (χ0n) is 15.6. The van der Waals surface area contributed by atoms with Crippen LogP contribution in [0.5, 0.6) is 0 Å². The van der Waals surface area contributed by atoms with E-state index in [2.05, 4.69) is 4.72 Å². The number of amides is 2. The average Bonchev–Trinajstić information content (AvgIpc) is 2.97. The molecule has 0 saturated carbocycles. The van der Waals surface area contributed by atoms with Gasteiger partial charge in [0.05, 0.1) is 22.1 Å². The third-order valence-electron chi connectivity index (χ3n) is 4.91. The van der Waals surface area contributed by atoms with Crippen LogP contribution in [-0.4, -0.2) is 32.2 Å². The van der Waals surface area contributed by atoms with Crippen molar-refractivity contribution in [2.75, 3.05) is 7.05 Å². The van der Waals surface area contributed by atoms with Crippen molar-refractivity contribution in [3.8, 4) is 0 Å². The second-order valence-electron chi connectivity index (χ2n) is 6.75. The predicted molar refractivity (Wildman–Crippen MR) is 108 cm³/mol. The standard InChI is InChI=1S/C22H18N2O4S/c1-24-21(25)18-13-12-17(14-19(18)22(24)26)29(27,28)23-20(15-8-4-2-5-9-15)16-10-6-3-7-11-16/h2-14,20,23H,1H3. The Bertz CT molecular complexity index is 1150. The molecule has 0 aliphatic carbocycles. The van der Waals surface area contributed by atoms with Crippen molar-refractivity contribution in [2.24, 2.45) is 0 Å². The lowest BCUT2D eigenvalue weighted by molar-refractivity contribution is 0.0693. The Morgan fingerprint density at radius 2 is 1.28 bits per heavy atom. The maximum atomic E-state index is 13.1. The third kappa shape index (κ3) is 3.46. The van der Waals surface area contributed by atoms with Crippen molar-refractivity contribution in [3.63, 3.8) is 0 Å². The fourth-order valence-corrected chi connectivity index (χ4v) is 4.59. The van der Waals surface area contributed by atoms with E-state index in [-0.39, 0.29) is 16.0 Å².